The molecule has 5 aromatic carbocycles. The van der Waals surface area contributed by atoms with Crippen molar-refractivity contribution in [3.05, 3.63) is 136 Å². The summed E-state index contributed by atoms with van der Waals surface area (Å²) in [6, 6.07) is 33.8. The Hall–Kier alpha value is -5.57. The van der Waals surface area contributed by atoms with Gasteiger partial charge in [0.15, 0.2) is 0 Å². The van der Waals surface area contributed by atoms with E-state index in [4.69, 9.17) is 0 Å². The highest BCUT2D eigenvalue weighted by molar-refractivity contribution is 5.97. The molecule has 1 heterocycles. The van der Waals surface area contributed by atoms with Gasteiger partial charge in [-0.15, -0.1) is 5.10 Å². The molecule has 0 saturated heterocycles. The average Bonchev–Trinajstić information content (AvgIpc) is 3.41. The van der Waals surface area contributed by atoms with Gasteiger partial charge in [-0.2, -0.15) is 9.67 Å². The molecule has 6 rings (SSSR count). The number of benzene rings is 5. The number of nitro groups is 1. The minimum atomic E-state index is -0.504. The first kappa shape index (κ1) is 24.7. The lowest BCUT2D eigenvalue weighted by Gasteiger charge is -2.09. The van der Waals surface area contributed by atoms with Gasteiger partial charge in [0, 0.05) is 30.8 Å². The third-order valence-electron chi connectivity index (χ3n) is 6.76. The minimum absolute atomic E-state index is 0.0955. The lowest BCUT2D eigenvalue weighted by atomic mass is 10.0. The van der Waals surface area contributed by atoms with Crippen LogP contribution in [0.2, 0.25) is 0 Å². The Kier molecular flexibility index (Phi) is 6.60. The Morgan fingerprint density at radius 3 is 1.88 bits per heavy atom. The van der Waals surface area contributed by atoms with Crippen LogP contribution in [0.25, 0.3) is 21.5 Å². The van der Waals surface area contributed by atoms with Gasteiger partial charge in [-0.1, -0.05) is 84.9 Å². The van der Waals surface area contributed by atoms with E-state index in [0.717, 1.165) is 32.7 Å². The first-order valence-corrected chi connectivity index (χ1v) is 12.7. The van der Waals surface area contributed by atoms with E-state index in [9.17, 15) is 14.9 Å². The second kappa shape index (κ2) is 10.7. The molecule has 0 amide bonds. The summed E-state index contributed by atoms with van der Waals surface area (Å²) in [6.45, 7) is 0.871. The summed E-state index contributed by atoms with van der Waals surface area (Å²) in [5, 5.41) is 26.5. The summed E-state index contributed by atoms with van der Waals surface area (Å²) < 4.78 is 1.19. The highest BCUT2D eigenvalue weighted by atomic mass is 16.6. The smallest absolute Gasteiger partial charge is 0.281 e. The third kappa shape index (κ3) is 4.95. The van der Waals surface area contributed by atoms with Crippen molar-refractivity contribution in [2.45, 2.75) is 13.1 Å². The molecule has 6 aromatic rings. The van der Waals surface area contributed by atoms with Gasteiger partial charge in [0.2, 0.25) is 11.9 Å². The largest absolute Gasteiger partial charge is 0.350 e. The highest BCUT2D eigenvalue weighted by Crippen LogP contribution is 2.22. The monoisotopic (exact) mass is 528 g/mol. The number of anilines is 2. The number of nitrogens with one attached hydrogen (secondary N) is 2. The zero-order chi connectivity index (χ0) is 27.5. The molecule has 0 aliphatic rings. The van der Waals surface area contributed by atoms with Gasteiger partial charge >= 0.3 is 0 Å². The summed E-state index contributed by atoms with van der Waals surface area (Å²) in [7, 11) is 0. The summed E-state index contributed by atoms with van der Waals surface area (Å²) in [5.74, 6) is 0.0846. The van der Waals surface area contributed by atoms with Gasteiger partial charge in [-0.05, 0) is 44.8 Å². The molecule has 0 bridgehead atoms. The van der Waals surface area contributed by atoms with Crippen LogP contribution in [0.15, 0.2) is 109 Å². The number of hydrogen-bond donors (Lipinski definition) is 2. The lowest BCUT2D eigenvalue weighted by molar-refractivity contribution is -0.384. The quantitative estimate of drug-likeness (QED) is 0.173. The third-order valence-corrected chi connectivity index (χ3v) is 6.76. The second-order valence-electron chi connectivity index (χ2n) is 9.26. The zero-order valence-corrected chi connectivity index (χ0v) is 21.3. The van der Waals surface area contributed by atoms with Crippen LogP contribution in [-0.2, 0) is 13.1 Å². The molecule has 0 unspecified atom stereocenters. The van der Waals surface area contributed by atoms with Gasteiger partial charge < -0.3 is 10.6 Å². The van der Waals surface area contributed by atoms with Gasteiger partial charge in [-0.3, -0.25) is 14.9 Å². The molecule has 2 N–H and O–H groups in total. The maximum Gasteiger partial charge on any atom is 0.281 e. The molecule has 9 heteroatoms. The van der Waals surface area contributed by atoms with Gasteiger partial charge in [0.05, 0.1) is 4.92 Å². The lowest BCUT2D eigenvalue weighted by Crippen LogP contribution is -2.17. The second-order valence-corrected chi connectivity index (χ2v) is 9.26. The first-order valence-electron chi connectivity index (χ1n) is 12.7. The summed E-state index contributed by atoms with van der Waals surface area (Å²) >= 11 is 0. The number of carbonyl (C=O) groups excluding carboxylic acids is 1. The fourth-order valence-electron chi connectivity index (χ4n) is 4.73. The van der Waals surface area contributed by atoms with Crippen molar-refractivity contribution in [1.82, 2.24) is 14.8 Å². The fourth-order valence-corrected chi connectivity index (χ4v) is 4.73. The van der Waals surface area contributed by atoms with Crippen LogP contribution in [0.4, 0.5) is 17.6 Å². The van der Waals surface area contributed by atoms with Crippen LogP contribution in [0, 0.1) is 10.1 Å². The predicted octanol–water partition coefficient (Wildman–Crippen LogP) is 6.41. The van der Waals surface area contributed by atoms with Crippen LogP contribution >= 0.6 is 0 Å². The topological polar surface area (TPSA) is 115 Å². The number of nitrogens with zero attached hydrogens (tertiary/aromatic N) is 4. The van der Waals surface area contributed by atoms with Crippen molar-refractivity contribution >= 4 is 45.0 Å². The van der Waals surface area contributed by atoms with Crippen molar-refractivity contribution in [3.63, 3.8) is 0 Å². The number of hydrogen-bond acceptors (Lipinski definition) is 7. The van der Waals surface area contributed by atoms with E-state index in [1.165, 1.54) is 28.9 Å². The molecular weight excluding hydrogens is 504 g/mol. The molecule has 0 aliphatic carbocycles. The number of non-ortho nitro benzene ring substituents is 1. The number of carbonyl (C=O) groups is 1. The Morgan fingerprint density at radius 1 is 0.725 bits per heavy atom. The van der Waals surface area contributed by atoms with E-state index in [1.54, 1.807) is 0 Å². The summed E-state index contributed by atoms with van der Waals surface area (Å²) in [4.78, 5) is 28.6. The Bertz CT molecular complexity index is 1850. The maximum absolute atomic E-state index is 13.5. The number of fused-ring (bicyclic) bond motifs is 2. The van der Waals surface area contributed by atoms with Crippen molar-refractivity contribution in [1.29, 1.82) is 0 Å². The van der Waals surface area contributed by atoms with E-state index in [1.807, 2.05) is 48.5 Å². The molecule has 1 aromatic heterocycles. The molecular formula is C31H24N6O3. The summed E-state index contributed by atoms with van der Waals surface area (Å²) in [6.07, 6.45) is 0. The molecule has 0 atom stereocenters. The predicted molar refractivity (Wildman–Crippen MR) is 155 cm³/mol. The summed E-state index contributed by atoms with van der Waals surface area (Å²) in [5.41, 5.74) is 2.27. The van der Waals surface area contributed by atoms with Crippen molar-refractivity contribution in [2.75, 3.05) is 10.6 Å². The van der Waals surface area contributed by atoms with E-state index in [0.29, 0.717) is 13.1 Å². The standard InChI is InChI=1S/C31H24N6O3/c38-29(23-15-17-26(18-16-23)37(39)40)36-31(33-20-25-12-6-10-22-8-2-4-14-28(22)25)34-30(35-36)32-19-24-11-5-9-21-7-1-3-13-27(21)24/h1-18H,19-20H2,(H2,32,33,34,35). The van der Waals surface area contributed by atoms with E-state index in [-0.39, 0.29) is 23.1 Å². The number of rotatable bonds is 8. The van der Waals surface area contributed by atoms with Crippen LogP contribution in [0.5, 0.6) is 0 Å². The molecule has 0 fully saturated rings. The van der Waals surface area contributed by atoms with Gasteiger partial charge in [-0.25, -0.2) is 0 Å². The molecule has 0 spiro atoms. The van der Waals surface area contributed by atoms with Crippen molar-refractivity contribution in [3.8, 4) is 0 Å². The Labute approximate surface area is 229 Å². The highest BCUT2D eigenvalue weighted by Gasteiger charge is 2.19. The molecule has 0 aliphatic heterocycles. The van der Waals surface area contributed by atoms with E-state index < -0.39 is 10.8 Å². The molecule has 0 radical (unpaired) electrons. The maximum atomic E-state index is 13.5. The van der Waals surface area contributed by atoms with Crippen LogP contribution in [0.3, 0.4) is 0 Å². The Morgan fingerprint density at radius 2 is 1.27 bits per heavy atom. The van der Waals surface area contributed by atoms with Gasteiger partial charge in [0.1, 0.15) is 0 Å². The number of aromatic nitrogens is 3. The van der Waals surface area contributed by atoms with Crippen molar-refractivity contribution in [2.24, 2.45) is 0 Å². The van der Waals surface area contributed by atoms with Crippen molar-refractivity contribution < 1.29 is 9.72 Å². The molecule has 0 saturated carbocycles. The molecule has 9 nitrogen and oxygen atoms in total. The van der Waals surface area contributed by atoms with E-state index >= 15 is 0 Å². The normalized spacial score (nSPS) is 11.0. The minimum Gasteiger partial charge on any atom is -0.350 e. The first-order chi connectivity index (χ1) is 19.6. The zero-order valence-electron chi connectivity index (χ0n) is 21.3. The fraction of sp³-hybridized carbons (Fsp3) is 0.0645. The van der Waals surface area contributed by atoms with Crippen LogP contribution in [0.1, 0.15) is 21.5 Å². The van der Waals surface area contributed by atoms with E-state index in [2.05, 4.69) is 57.1 Å². The van der Waals surface area contributed by atoms with Crippen LogP contribution in [-0.4, -0.2) is 25.6 Å². The number of nitro benzene ring substituents is 1. The average molecular weight is 529 g/mol. The SMILES string of the molecule is O=C(c1ccc([N+](=O)[O-])cc1)n1nc(NCc2cccc3ccccc23)nc1NCc1cccc2ccccc12. The molecule has 40 heavy (non-hydrogen) atoms. The van der Waals surface area contributed by atoms with Crippen LogP contribution < -0.4 is 10.6 Å². The molecule has 196 valence electrons. The van der Waals surface area contributed by atoms with Gasteiger partial charge in [0.25, 0.3) is 11.6 Å². The Balaban J connectivity index is 1.30.